The van der Waals surface area contributed by atoms with Gasteiger partial charge in [-0.25, -0.2) is 0 Å². The third-order valence-corrected chi connectivity index (χ3v) is 4.10. The Labute approximate surface area is 153 Å². The maximum absolute atomic E-state index is 12.6. The second kappa shape index (κ2) is 8.03. The molecular formula is C13H11F3N6O4S. The minimum Gasteiger partial charge on any atom is -0.302 e. The number of halogens is 3. The molecule has 1 heterocycles. The number of nitrogens with zero attached hydrogens (tertiary/aromatic N) is 4. The number of aromatic nitrogens is 3. The van der Waals surface area contributed by atoms with Crippen LogP contribution in [-0.4, -0.2) is 37.3 Å². The van der Waals surface area contributed by atoms with Crippen LogP contribution in [0.4, 0.5) is 18.9 Å². The zero-order valence-corrected chi connectivity index (χ0v) is 14.3. The number of non-ortho nitro benzene ring substituents is 1. The molecule has 1 aromatic carbocycles. The van der Waals surface area contributed by atoms with Gasteiger partial charge in [0.1, 0.15) is 0 Å². The van der Waals surface area contributed by atoms with Crippen LogP contribution in [0.2, 0.25) is 0 Å². The molecule has 0 atom stereocenters. The number of thioether (sulfide) groups is 1. The third-order valence-electron chi connectivity index (χ3n) is 3.08. The smallest absolute Gasteiger partial charge is 0.302 e. The van der Waals surface area contributed by atoms with Gasteiger partial charge < -0.3 is 4.57 Å². The first-order chi connectivity index (χ1) is 12.6. The highest BCUT2D eigenvalue weighted by atomic mass is 32.2. The van der Waals surface area contributed by atoms with E-state index in [4.69, 9.17) is 0 Å². The second-order valence-electron chi connectivity index (χ2n) is 4.96. The third kappa shape index (κ3) is 5.16. The van der Waals surface area contributed by atoms with Gasteiger partial charge in [-0.1, -0.05) is 11.8 Å². The highest BCUT2D eigenvalue weighted by molar-refractivity contribution is 7.99. The van der Waals surface area contributed by atoms with E-state index in [9.17, 15) is 32.9 Å². The van der Waals surface area contributed by atoms with Crippen molar-refractivity contribution in [3.63, 3.8) is 0 Å². The average Bonchev–Trinajstić information content (AvgIpc) is 2.98. The number of hydrogen-bond acceptors (Lipinski definition) is 7. The van der Waals surface area contributed by atoms with Gasteiger partial charge in [0.2, 0.25) is 11.7 Å². The first-order valence-corrected chi connectivity index (χ1v) is 8.01. The van der Waals surface area contributed by atoms with E-state index in [1.165, 1.54) is 12.1 Å². The van der Waals surface area contributed by atoms with E-state index < -0.39 is 28.7 Å². The lowest BCUT2D eigenvalue weighted by molar-refractivity contribution is -0.384. The molecule has 2 aromatic rings. The number of carbonyl (C=O) groups excluding carboxylic acids is 2. The Morgan fingerprint density at radius 1 is 1.22 bits per heavy atom. The molecule has 0 unspecified atom stereocenters. The Morgan fingerprint density at radius 3 is 2.37 bits per heavy atom. The maximum Gasteiger partial charge on any atom is 0.451 e. The van der Waals surface area contributed by atoms with Crippen LogP contribution >= 0.6 is 11.8 Å². The Hall–Kier alpha value is -3.16. The standard InChI is InChI=1S/C13H11F3N6O4S/c1-21-11(13(14,15)16)19-20-12(21)27-6-9(23)17-18-10(24)7-2-4-8(5-3-7)22(25)26/h2-5H,6H2,1H3,(H,17,23)(H,18,24). The predicted octanol–water partition coefficient (Wildman–Crippen LogP) is 1.30. The molecule has 0 aliphatic carbocycles. The molecule has 0 aliphatic heterocycles. The quantitative estimate of drug-likeness (QED) is 0.436. The van der Waals surface area contributed by atoms with Crippen LogP contribution in [0, 0.1) is 10.1 Å². The molecule has 144 valence electrons. The Morgan fingerprint density at radius 2 is 1.85 bits per heavy atom. The summed E-state index contributed by atoms with van der Waals surface area (Å²) >= 11 is 0.696. The molecule has 0 spiro atoms. The first kappa shape index (κ1) is 20.2. The maximum atomic E-state index is 12.6. The highest BCUT2D eigenvalue weighted by Crippen LogP contribution is 2.29. The summed E-state index contributed by atoms with van der Waals surface area (Å²) in [6.45, 7) is 0. The Balaban J connectivity index is 1.85. The second-order valence-corrected chi connectivity index (χ2v) is 5.90. The van der Waals surface area contributed by atoms with E-state index in [0.717, 1.165) is 19.2 Å². The molecule has 2 rings (SSSR count). The summed E-state index contributed by atoms with van der Waals surface area (Å²) in [5, 5.41) is 16.8. The van der Waals surface area contributed by atoms with E-state index in [1.807, 2.05) is 0 Å². The van der Waals surface area contributed by atoms with Crippen molar-refractivity contribution in [2.45, 2.75) is 11.3 Å². The van der Waals surface area contributed by atoms with Crippen molar-refractivity contribution < 1.29 is 27.7 Å². The number of hydrazine groups is 1. The van der Waals surface area contributed by atoms with E-state index >= 15 is 0 Å². The lowest BCUT2D eigenvalue weighted by Crippen LogP contribution is -2.42. The molecule has 10 nitrogen and oxygen atoms in total. The van der Waals surface area contributed by atoms with Crippen molar-refractivity contribution in [1.29, 1.82) is 0 Å². The number of nitro groups is 1. The molecule has 0 saturated carbocycles. The summed E-state index contributed by atoms with van der Waals surface area (Å²) in [6, 6.07) is 4.65. The summed E-state index contributed by atoms with van der Waals surface area (Å²) in [5.41, 5.74) is 4.02. The van der Waals surface area contributed by atoms with E-state index in [0.29, 0.717) is 16.3 Å². The van der Waals surface area contributed by atoms with Gasteiger partial charge in [-0.15, -0.1) is 10.2 Å². The monoisotopic (exact) mass is 404 g/mol. The van der Waals surface area contributed by atoms with Crippen LogP contribution in [0.3, 0.4) is 0 Å². The number of benzene rings is 1. The molecule has 0 saturated heterocycles. The molecule has 1 aromatic heterocycles. The van der Waals surface area contributed by atoms with Gasteiger partial charge in [0.25, 0.3) is 11.6 Å². The fourth-order valence-corrected chi connectivity index (χ4v) is 2.50. The van der Waals surface area contributed by atoms with E-state index in [2.05, 4.69) is 21.0 Å². The number of amides is 2. The molecular weight excluding hydrogens is 393 g/mol. The topological polar surface area (TPSA) is 132 Å². The van der Waals surface area contributed by atoms with Crippen molar-refractivity contribution in [3.05, 3.63) is 45.8 Å². The van der Waals surface area contributed by atoms with Crippen molar-refractivity contribution in [1.82, 2.24) is 25.6 Å². The Kier molecular flexibility index (Phi) is 5.99. The lowest BCUT2D eigenvalue weighted by atomic mass is 10.2. The number of nitro benzene ring substituents is 1. The summed E-state index contributed by atoms with van der Waals surface area (Å²) in [5.74, 6) is -2.95. The SMILES string of the molecule is Cn1c(SCC(=O)NNC(=O)c2ccc([N+](=O)[O-])cc2)nnc1C(F)(F)F. The summed E-state index contributed by atoms with van der Waals surface area (Å²) in [4.78, 5) is 33.4. The van der Waals surface area contributed by atoms with Crippen LogP contribution in [-0.2, 0) is 18.0 Å². The van der Waals surface area contributed by atoms with Crippen molar-refractivity contribution in [2.24, 2.45) is 7.05 Å². The zero-order chi connectivity index (χ0) is 20.2. The van der Waals surface area contributed by atoms with Gasteiger partial charge in [0.15, 0.2) is 5.16 Å². The van der Waals surface area contributed by atoms with Crippen LogP contribution in [0.1, 0.15) is 16.2 Å². The molecule has 0 bridgehead atoms. The number of nitrogens with one attached hydrogen (secondary N) is 2. The van der Waals surface area contributed by atoms with E-state index in [-0.39, 0.29) is 22.2 Å². The fraction of sp³-hybridized carbons (Fsp3) is 0.231. The number of hydrogen-bond donors (Lipinski definition) is 2. The molecule has 2 N–H and O–H groups in total. The van der Waals surface area contributed by atoms with Gasteiger partial charge in [0, 0.05) is 24.7 Å². The largest absolute Gasteiger partial charge is 0.451 e. The Bertz CT molecular complexity index is 868. The van der Waals surface area contributed by atoms with Gasteiger partial charge in [-0.2, -0.15) is 13.2 Å². The van der Waals surface area contributed by atoms with Crippen LogP contribution in [0.15, 0.2) is 29.4 Å². The molecule has 2 amide bonds. The molecule has 27 heavy (non-hydrogen) atoms. The van der Waals surface area contributed by atoms with Crippen LogP contribution in [0.25, 0.3) is 0 Å². The zero-order valence-electron chi connectivity index (χ0n) is 13.5. The minimum atomic E-state index is -4.67. The van der Waals surface area contributed by atoms with Crippen LogP contribution < -0.4 is 10.9 Å². The molecule has 0 aliphatic rings. The summed E-state index contributed by atoms with van der Waals surface area (Å²) in [6.07, 6.45) is -4.67. The summed E-state index contributed by atoms with van der Waals surface area (Å²) < 4.78 is 38.5. The predicted molar refractivity (Wildman–Crippen MR) is 85.4 cm³/mol. The first-order valence-electron chi connectivity index (χ1n) is 7.02. The van der Waals surface area contributed by atoms with E-state index in [1.54, 1.807) is 0 Å². The van der Waals surface area contributed by atoms with Gasteiger partial charge in [-0.05, 0) is 12.1 Å². The molecule has 0 radical (unpaired) electrons. The van der Waals surface area contributed by atoms with Crippen LogP contribution in [0.5, 0.6) is 0 Å². The highest BCUT2D eigenvalue weighted by Gasteiger charge is 2.37. The van der Waals surface area contributed by atoms with Gasteiger partial charge in [-0.3, -0.25) is 30.6 Å². The average molecular weight is 404 g/mol. The van der Waals surface area contributed by atoms with Crippen molar-refractivity contribution >= 4 is 29.3 Å². The lowest BCUT2D eigenvalue weighted by Gasteiger charge is -2.08. The number of carbonyl (C=O) groups is 2. The number of alkyl halides is 3. The van der Waals surface area contributed by atoms with Gasteiger partial charge in [0.05, 0.1) is 10.7 Å². The van der Waals surface area contributed by atoms with Crippen molar-refractivity contribution in [2.75, 3.05) is 5.75 Å². The fourth-order valence-electron chi connectivity index (χ4n) is 1.79. The van der Waals surface area contributed by atoms with Gasteiger partial charge >= 0.3 is 6.18 Å². The minimum absolute atomic E-state index is 0.0664. The number of rotatable bonds is 5. The molecule has 0 fully saturated rings. The van der Waals surface area contributed by atoms with Crippen molar-refractivity contribution in [3.8, 4) is 0 Å². The molecule has 14 heteroatoms. The summed E-state index contributed by atoms with van der Waals surface area (Å²) in [7, 11) is 1.11. The normalized spacial score (nSPS) is 11.1.